The Kier molecular flexibility index (Phi) is 6.37. The van der Waals surface area contributed by atoms with Gasteiger partial charge in [0, 0.05) is 13.2 Å². The van der Waals surface area contributed by atoms with E-state index in [-0.39, 0.29) is 6.10 Å². The topological polar surface area (TPSA) is 29.5 Å². The summed E-state index contributed by atoms with van der Waals surface area (Å²) in [5.74, 6) is 1.92. The zero-order chi connectivity index (χ0) is 12.0. The normalized spacial score (nSPS) is 30.9. The maximum absolute atomic E-state index is 9.94. The predicted molar refractivity (Wildman–Crippen MR) is 67.4 cm³/mol. The molecule has 2 nitrogen and oxygen atoms in total. The van der Waals surface area contributed by atoms with Crippen molar-refractivity contribution in [2.45, 2.75) is 59.0 Å². The van der Waals surface area contributed by atoms with Crippen LogP contribution in [0.3, 0.4) is 0 Å². The second-order valence-electron chi connectivity index (χ2n) is 5.67. The smallest absolute Gasteiger partial charge is 0.0569 e. The minimum atomic E-state index is -0.0783. The maximum atomic E-state index is 9.94. The van der Waals surface area contributed by atoms with Crippen LogP contribution in [0.25, 0.3) is 0 Å². The minimum Gasteiger partial charge on any atom is -0.393 e. The van der Waals surface area contributed by atoms with E-state index in [1.54, 1.807) is 0 Å². The van der Waals surface area contributed by atoms with Gasteiger partial charge in [0.15, 0.2) is 0 Å². The summed E-state index contributed by atoms with van der Waals surface area (Å²) in [5, 5.41) is 9.94. The average Bonchev–Trinajstić information content (AvgIpc) is 2.26. The highest BCUT2D eigenvalue weighted by Crippen LogP contribution is 2.33. The lowest BCUT2D eigenvalue weighted by Gasteiger charge is -2.32. The van der Waals surface area contributed by atoms with E-state index in [2.05, 4.69) is 20.8 Å². The number of rotatable bonds is 6. The molecule has 1 aliphatic rings. The lowest BCUT2D eigenvalue weighted by Crippen LogP contribution is -2.30. The molecule has 0 bridgehead atoms. The van der Waals surface area contributed by atoms with E-state index in [1.807, 2.05) is 0 Å². The van der Waals surface area contributed by atoms with Crippen molar-refractivity contribution in [3.05, 3.63) is 0 Å². The Hall–Kier alpha value is -0.0800. The zero-order valence-electron chi connectivity index (χ0n) is 11.1. The summed E-state index contributed by atoms with van der Waals surface area (Å²) in [6, 6.07) is 0. The molecule has 1 N–H and O–H groups in total. The van der Waals surface area contributed by atoms with Gasteiger partial charge < -0.3 is 9.84 Å². The van der Waals surface area contributed by atoms with Crippen molar-refractivity contribution in [3.8, 4) is 0 Å². The summed E-state index contributed by atoms with van der Waals surface area (Å²) >= 11 is 0. The average molecular weight is 228 g/mol. The van der Waals surface area contributed by atoms with E-state index in [4.69, 9.17) is 4.74 Å². The van der Waals surface area contributed by atoms with Crippen LogP contribution in [0.4, 0.5) is 0 Å². The number of aliphatic hydroxyl groups excluding tert-OH is 1. The highest BCUT2D eigenvalue weighted by Gasteiger charge is 2.27. The van der Waals surface area contributed by atoms with Crippen LogP contribution in [-0.4, -0.2) is 24.4 Å². The van der Waals surface area contributed by atoms with Gasteiger partial charge in [-0.05, 0) is 43.4 Å². The highest BCUT2D eigenvalue weighted by atomic mass is 16.5. The molecule has 96 valence electrons. The van der Waals surface area contributed by atoms with Crippen molar-refractivity contribution in [1.82, 2.24) is 0 Å². The first kappa shape index (κ1) is 14.0. The molecule has 0 aliphatic heterocycles. The summed E-state index contributed by atoms with van der Waals surface area (Å²) in [6.45, 7) is 8.26. The number of hydrogen-bond acceptors (Lipinski definition) is 2. The second kappa shape index (κ2) is 7.29. The Morgan fingerprint density at radius 2 is 2.06 bits per heavy atom. The van der Waals surface area contributed by atoms with Crippen LogP contribution in [-0.2, 0) is 4.74 Å². The highest BCUT2D eigenvalue weighted by molar-refractivity contribution is 4.79. The molecule has 0 saturated heterocycles. The molecule has 0 aromatic heterocycles. The van der Waals surface area contributed by atoms with Crippen molar-refractivity contribution < 1.29 is 9.84 Å². The number of ether oxygens (including phenoxy) is 1. The molecular weight excluding hydrogens is 200 g/mol. The monoisotopic (exact) mass is 228 g/mol. The van der Waals surface area contributed by atoms with E-state index >= 15 is 0 Å². The van der Waals surface area contributed by atoms with Gasteiger partial charge in [-0.15, -0.1) is 0 Å². The van der Waals surface area contributed by atoms with Crippen molar-refractivity contribution in [1.29, 1.82) is 0 Å². The molecule has 0 heterocycles. The molecule has 0 aromatic rings. The molecule has 0 aromatic carbocycles. The van der Waals surface area contributed by atoms with Crippen LogP contribution in [0.5, 0.6) is 0 Å². The van der Waals surface area contributed by atoms with Gasteiger partial charge in [0.2, 0.25) is 0 Å². The van der Waals surface area contributed by atoms with Crippen LogP contribution < -0.4 is 0 Å². The van der Waals surface area contributed by atoms with E-state index in [0.29, 0.717) is 11.8 Å². The predicted octanol–water partition coefficient (Wildman–Crippen LogP) is 3.24. The SMILES string of the molecule is CCC1CCC(O)C(CCOCC(C)C)C1. The van der Waals surface area contributed by atoms with Gasteiger partial charge in [0.25, 0.3) is 0 Å². The van der Waals surface area contributed by atoms with Gasteiger partial charge >= 0.3 is 0 Å². The summed E-state index contributed by atoms with van der Waals surface area (Å²) < 4.78 is 5.60. The van der Waals surface area contributed by atoms with Gasteiger partial charge in [0.05, 0.1) is 6.10 Å². The van der Waals surface area contributed by atoms with Gasteiger partial charge in [-0.3, -0.25) is 0 Å². The summed E-state index contributed by atoms with van der Waals surface area (Å²) in [6.07, 6.45) is 5.61. The van der Waals surface area contributed by atoms with Crippen molar-refractivity contribution in [3.63, 3.8) is 0 Å². The van der Waals surface area contributed by atoms with Crippen molar-refractivity contribution in [2.24, 2.45) is 17.8 Å². The molecule has 1 aliphatic carbocycles. The van der Waals surface area contributed by atoms with Crippen LogP contribution in [0, 0.1) is 17.8 Å². The van der Waals surface area contributed by atoms with Gasteiger partial charge in [0.1, 0.15) is 0 Å². The third-order valence-electron chi connectivity index (χ3n) is 3.71. The molecule has 2 heteroatoms. The molecule has 1 saturated carbocycles. The fraction of sp³-hybridized carbons (Fsp3) is 1.00. The molecule has 1 rings (SSSR count). The van der Waals surface area contributed by atoms with E-state index < -0.39 is 0 Å². The minimum absolute atomic E-state index is 0.0783. The first-order chi connectivity index (χ1) is 7.63. The number of hydrogen-bond donors (Lipinski definition) is 1. The Bertz CT molecular complexity index is 180. The Balaban J connectivity index is 2.18. The standard InChI is InChI=1S/C14H28O2/c1-4-12-5-6-14(15)13(9-12)7-8-16-10-11(2)3/h11-15H,4-10H2,1-3H3. The summed E-state index contributed by atoms with van der Waals surface area (Å²) in [4.78, 5) is 0. The molecule has 0 spiro atoms. The van der Waals surface area contributed by atoms with E-state index in [0.717, 1.165) is 32.0 Å². The first-order valence-corrected chi connectivity index (χ1v) is 6.89. The Morgan fingerprint density at radius 3 is 2.69 bits per heavy atom. The Labute approximate surface area is 100 Å². The first-order valence-electron chi connectivity index (χ1n) is 6.89. The fourth-order valence-electron chi connectivity index (χ4n) is 2.58. The van der Waals surface area contributed by atoms with Gasteiger partial charge in [-0.2, -0.15) is 0 Å². The molecule has 3 atom stereocenters. The summed E-state index contributed by atoms with van der Waals surface area (Å²) in [7, 11) is 0. The molecular formula is C14H28O2. The zero-order valence-corrected chi connectivity index (χ0v) is 11.1. The van der Waals surface area contributed by atoms with E-state index in [1.165, 1.54) is 19.3 Å². The van der Waals surface area contributed by atoms with Crippen molar-refractivity contribution in [2.75, 3.05) is 13.2 Å². The maximum Gasteiger partial charge on any atom is 0.0569 e. The molecule has 16 heavy (non-hydrogen) atoms. The Morgan fingerprint density at radius 1 is 1.31 bits per heavy atom. The lowest BCUT2D eigenvalue weighted by molar-refractivity contribution is 0.0191. The van der Waals surface area contributed by atoms with Gasteiger partial charge in [-0.1, -0.05) is 27.2 Å². The molecule has 0 radical (unpaired) electrons. The van der Waals surface area contributed by atoms with Gasteiger partial charge in [-0.25, -0.2) is 0 Å². The largest absolute Gasteiger partial charge is 0.393 e. The van der Waals surface area contributed by atoms with Crippen LogP contribution >= 0.6 is 0 Å². The summed E-state index contributed by atoms with van der Waals surface area (Å²) in [5.41, 5.74) is 0. The van der Waals surface area contributed by atoms with Crippen LogP contribution in [0.15, 0.2) is 0 Å². The quantitative estimate of drug-likeness (QED) is 0.707. The van der Waals surface area contributed by atoms with E-state index in [9.17, 15) is 5.11 Å². The fourth-order valence-corrected chi connectivity index (χ4v) is 2.58. The third-order valence-corrected chi connectivity index (χ3v) is 3.71. The second-order valence-corrected chi connectivity index (χ2v) is 5.67. The van der Waals surface area contributed by atoms with Crippen LogP contribution in [0.1, 0.15) is 52.9 Å². The lowest BCUT2D eigenvalue weighted by atomic mass is 9.77. The molecule has 1 fully saturated rings. The third kappa shape index (κ3) is 4.84. The van der Waals surface area contributed by atoms with Crippen molar-refractivity contribution >= 4 is 0 Å². The van der Waals surface area contributed by atoms with Crippen LogP contribution in [0.2, 0.25) is 0 Å². The molecule has 3 unspecified atom stereocenters. The molecule has 0 amide bonds. The number of aliphatic hydroxyl groups is 1.